The maximum atomic E-state index is 13.3. The van der Waals surface area contributed by atoms with E-state index in [1.807, 2.05) is 36.4 Å². The summed E-state index contributed by atoms with van der Waals surface area (Å²) < 4.78 is 0. The first kappa shape index (κ1) is 15.8. The highest BCUT2D eigenvalue weighted by atomic mass is 32.2. The highest BCUT2D eigenvalue weighted by molar-refractivity contribution is 8.03. The zero-order valence-corrected chi connectivity index (χ0v) is 15.3. The minimum absolute atomic E-state index is 0.0483. The number of aliphatic hydroxyl groups is 1. The molecule has 1 heterocycles. The smallest absolute Gasteiger partial charge is 0.193 e. The second kappa shape index (κ2) is 5.78. The Morgan fingerprint density at radius 1 is 1.15 bits per heavy atom. The Hall–Kier alpha value is -2.46. The van der Waals surface area contributed by atoms with Crippen LogP contribution in [0.15, 0.2) is 75.4 Å². The predicted octanol–water partition coefficient (Wildman–Crippen LogP) is 5.42. The molecule has 5 rings (SSSR count). The summed E-state index contributed by atoms with van der Waals surface area (Å²) in [4.78, 5) is 16.7. The first-order valence-electron chi connectivity index (χ1n) is 9.03. The first-order valence-corrected chi connectivity index (χ1v) is 9.85. The summed E-state index contributed by atoms with van der Waals surface area (Å²) in [5.74, 6) is 0.104. The molecule has 3 aliphatic rings. The van der Waals surface area contributed by atoms with Gasteiger partial charge in [-0.2, -0.15) is 0 Å². The molecule has 2 aromatic rings. The minimum atomic E-state index is -0.331. The van der Waals surface area contributed by atoms with Crippen molar-refractivity contribution in [3.8, 4) is 0 Å². The third-order valence-corrected chi connectivity index (χ3v) is 6.54. The third-order valence-electron chi connectivity index (χ3n) is 5.34. The van der Waals surface area contributed by atoms with Gasteiger partial charge < -0.3 is 10.0 Å². The van der Waals surface area contributed by atoms with Crippen LogP contribution in [-0.2, 0) is 0 Å². The average Bonchev–Trinajstić information content (AvgIpc) is 3.39. The molecule has 0 amide bonds. The van der Waals surface area contributed by atoms with Gasteiger partial charge in [0.15, 0.2) is 5.78 Å². The monoisotopic (exact) mass is 361 g/mol. The maximum absolute atomic E-state index is 13.3. The van der Waals surface area contributed by atoms with Gasteiger partial charge in [-0.05, 0) is 43.0 Å². The number of benzene rings is 2. The number of Topliss-reactive ketones (excluding diaryl/α,β-unsaturated/α-hetero) is 1. The van der Waals surface area contributed by atoms with E-state index in [0.717, 1.165) is 57.3 Å². The fraction of sp³-hybridized carbons (Fsp3) is 0.227. The molecule has 0 radical (unpaired) electrons. The minimum Gasteiger partial charge on any atom is -0.511 e. The van der Waals surface area contributed by atoms with Crippen LogP contribution in [0.3, 0.4) is 0 Å². The van der Waals surface area contributed by atoms with E-state index in [-0.39, 0.29) is 11.7 Å². The molecule has 1 unspecified atom stereocenters. The molecule has 1 N–H and O–H groups in total. The van der Waals surface area contributed by atoms with Crippen LogP contribution in [-0.4, -0.2) is 17.4 Å². The van der Waals surface area contributed by atoms with Crippen LogP contribution in [0, 0.1) is 0 Å². The van der Waals surface area contributed by atoms with Crippen molar-refractivity contribution in [3.05, 3.63) is 81.6 Å². The number of ketones is 1. The number of para-hydroxylation sites is 1. The zero-order valence-electron chi connectivity index (χ0n) is 14.5. The maximum Gasteiger partial charge on any atom is 0.193 e. The van der Waals surface area contributed by atoms with Gasteiger partial charge in [-0.3, -0.25) is 4.79 Å². The van der Waals surface area contributed by atoms with Crippen molar-refractivity contribution in [2.24, 2.45) is 0 Å². The lowest BCUT2D eigenvalue weighted by Gasteiger charge is -2.22. The number of fused-ring (bicyclic) bond motifs is 2. The van der Waals surface area contributed by atoms with Crippen molar-refractivity contribution in [2.75, 3.05) is 11.4 Å². The van der Waals surface area contributed by atoms with E-state index in [1.165, 1.54) is 0 Å². The van der Waals surface area contributed by atoms with E-state index >= 15 is 0 Å². The SMILES string of the molecule is CCN1/C(=C2/C(=O)c3ccccc3C2C(O)=C2CC2)Sc2ccccc21. The number of thioether (sulfide) groups is 1. The lowest BCUT2D eigenvalue weighted by Crippen LogP contribution is -2.21. The van der Waals surface area contributed by atoms with Crippen LogP contribution in [0.5, 0.6) is 0 Å². The van der Waals surface area contributed by atoms with Crippen LogP contribution in [0.4, 0.5) is 5.69 Å². The van der Waals surface area contributed by atoms with E-state index in [1.54, 1.807) is 11.8 Å². The van der Waals surface area contributed by atoms with Gasteiger partial charge in [-0.1, -0.05) is 48.2 Å². The third kappa shape index (κ3) is 2.18. The summed E-state index contributed by atoms with van der Waals surface area (Å²) in [5, 5.41) is 11.9. The van der Waals surface area contributed by atoms with Crippen molar-refractivity contribution in [2.45, 2.75) is 30.6 Å². The summed E-state index contributed by atoms with van der Waals surface area (Å²) >= 11 is 1.64. The summed E-state index contributed by atoms with van der Waals surface area (Å²) in [7, 11) is 0. The van der Waals surface area contributed by atoms with Gasteiger partial charge in [0.2, 0.25) is 0 Å². The van der Waals surface area contributed by atoms with Crippen LogP contribution in [0.2, 0.25) is 0 Å². The second-order valence-corrected chi connectivity index (χ2v) is 7.90. The van der Waals surface area contributed by atoms with Crippen molar-refractivity contribution < 1.29 is 9.90 Å². The van der Waals surface area contributed by atoms with Crippen LogP contribution < -0.4 is 4.90 Å². The molecule has 2 aliphatic carbocycles. The number of carbonyl (C=O) groups is 1. The molecule has 0 saturated heterocycles. The number of carbonyl (C=O) groups excluding carboxylic acids is 1. The Bertz CT molecular complexity index is 999. The molecule has 1 saturated carbocycles. The number of anilines is 1. The van der Waals surface area contributed by atoms with Crippen LogP contribution in [0.25, 0.3) is 0 Å². The quantitative estimate of drug-likeness (QED) is 0.573. The molecular formula is C22H19NO2S. The highest BCUT2D eigenvalue weighted by Gasteiger charge is 2.43. The van der Waals surface area contributed by atoms with E-state index in [0.29, 0.717) is 5.76 Å². The Kier molecular flexibility index (Phi) is 3.50. The number of nitrogens with zero attached hydrogens (tertiary/aromatic N) is 1. The standard InChI is InChI=1S/C22H19NO2S/c1-2-23-16-9-5-6-10-17(16)26-22(23)19-18(20(24)13-11-12-13)14-7-3-4-8-15(14)21(19)25/h3-10,18,24H,2,11-12H2,1H3/b22-19-. The number of hydrogen-bond acceptors (Lipinski definition) is 4. The Labute approximate surface area is 157 Å². The van der Waals surface area contributed by atoms with E-state index in [4.69, 9.17) is 0 Å². The largest absolute Gasteiger partial charge is 0.511 e. The molecule has 3 nitrogen and oxygen atoms in total. The highest BCUT2D eigenvalue weighted by Crippen LogP contribution is 2.54. The molecule has 4 heteroatoms. The van der Waals surface area contributed by atoms with Crippen molar-refractivity contribution in [1.82, 2.24) is 0 Å². The normalized spacial score (nSPS) is 23.3. The van der Waals surface area contributed by atoms with E-state index in [9.17, 15) is 9.90 Å². The molecule has 0 spiro atoms. The number of allylic oxidation sites excluding steroid dienone is 2. The molecule has 0 bridgehead atoms. The van der Waals surface area contributed by atoms with E-state index < -0.39 is 0 Å². The fourth-order valence-corrected chi connectivity index (χ4v) is 5.26. The topological polar surface area (TPSA) is 40.5 Å². The van der Waals surface area contributed by atoms with Gasteiger partial charge in [0.05, 0.1) is 16.6 Å². The zero-order chi connectivity index (χ0) is 17.8. The van der Waals surface area contributed by atoms with Gasteiger partial charge in [0, 0.05) is 22.6 Å². The molecule has 1 fully saturated rings. The van der Waals surface area contributed by atoms with Gasteiger partial charge in [0.25, 0.3) is 0 Å². The molecule has 130 valence electrons. The Morgan fingerprint density at radius 2 is 1.88 bits per heavy atom. The number of rotatable bonds is 2. The summed E-state index contributed by atoms with van der Waals surface area (Å²) in [6, 6.07) is 16.0. The molecule has 1 atom stereocenters. The molecule has 26 heavy (non-hydrogen) atoms. The predicted molar refractivity (Wildman–Crippen MR) is 105 cm³/mol. The average molecular weight is 361 g/mol. The Balaban J connectivity index is 1.74. The second-order valence-electron chi connectivity index (χ2n) is 6.87. The molecule has 0 aromatic heterocycles. The van der Waals surface area contributed by atoms with Crippen molar-refractivity contribution >= 4 is 23.2 Å². The lowest BCUT2D eigenvalue weighted by atomic mass is 9.95. The van der Waals surface area contributed by atoms with Crippen LogP contribution in [0.1, 0.15) is 41.6 Å². The fourth-order valence-electron chi connectivity index (χ4n) is 3.96. The van der Waals surface area contributed by atoms with Crippen molar-refractivity contribution in [3.63, 3.8) is 0 Å². The number of hydrogen-bond donors (Lipinski definition) is 1. The first-order chi connectivity index (χ1) is 12.7. The summed E-state index contributed by atoms with van der Waals surface area (Å²) in [5.41, 5.74) is 4.61. The van der Waals surface area contributed by atoms with Gasteiger partial charge >= 0.3 is 0 Å². The molecule has 1 aliphatic heterocycles. The van der Waals surface area contributed by atoms with Crippen LogP contribution >= 0.6 is 11.8 Å². The van der Waals surface area contributed by atoms with E-state index in [2.05, 4.69) is 24.0 Å². The van der Waals surface area contributed by atoms with Gasteiger partial charge in [-0.15, -0.1) is 0 Å². The van der Waals surface area contributed by atoms with Gasteiger partial charge in [0.1, 0.15) is 5.76 Å². The number of aliphatic hydroxyl groups excluding tert-OH is 1. The molecular weight excluding hydrogens is 342 g/mol. The lowest BCUT2D eigenvalue weighted by molar-refractivity contribution is 0.103. The van der Waals surface area contributed by atoms with Crippen molar-refractivity contribution in [1.29, 1.82) is 0 Å². The Morgan fingerprint density at radius 3 is 2.65 bits per heavy atom. The molecule has 2 aromatic carbocycles. The van der Waals surface area contributed by atoms with Gasteiger partial charge in [-0.25, -0.2) is 0 Å². The summed E-state index contributed by atoms with van der Waals surface area (Å²) in [6.45, 7) is 2.89. The summed E-state index contributed by atoms with van der Waals surface area (Å²) in [6.07, 6.45) is 1.87.